The van der Waals surface area contributed by atoms with Crippen LogP contribution in [0.3, 0.4) is 0 Å². The molecule has 0 radical (unpaired) electrons. The Morgan fingerprint density at radius 1 is 1.22 bits per heavy atom. The number of azo groups is 1. The monoisotopic (exact) mass is 244 g/mol. The van der Waals surface area contributed by atoms with Gasteiger partial charge >= 0.3 is 0 Å². The summed E-state index contributed by atoms with van der Waals surface area (Å²) < 4.78 is 0. The molecule has 0 aliphatic heterocycles. The van der Waals surface area contributed by atoms with Crippen molar-refractivity contribution in [1.29, 1.82) is 0 Å². The van der Waals surface area contributed by atoms with Crippen molar-refractivity contribution in [3.8, 4) is 5.88 Å². The van der Waals surface area contributed by atoms with Gasteiger partial charge in [0, 0.05) is 0 Å². The van der Waals surface area contributed by atoms with Crippen LogP contribution in [-0.2, 0) is 0 Å². The molecule has 0 saturated carbocycles. The lowest BCUT2D eigenvalue weighted by molar-refractivity contribution is 0.450. The second-order valence-electron chi connectivity index (χ2n) is 3.81. The predicted molar refractivity (Wildman–Crippen MR) is 66.6 cm³/mol. The number of rotatable bonds is 2. The van der Waals surface area contributed by atoms with Crippen molar-refractivity contribution in [2.45, 2.75) is 13.8 Å². The summed E-state index contributed by atoms with van der Waals surface area (Å²) in [5.74, 6) is -0.0964. The third kappa shape index (κ3) is 2.42. The van der Waals surface area contributed by atoms with Crippen LogP contribution in [0.25, 0.3) is 0 Å². The number of nitrogens with zero attached hydrogens (tertiary/aromatic N) is 3. The maximum absolute atomic E-state index is 11.6. The zero-order valence-electron chi connectivity index (χ0n) is 10.0. The molecule has 18 heavy (non-hydrogen) atoms. The van der Waals surface area contributed by atoms with Crippen molar-refractivity contribution >= 4 is 11.4 Å². The van der Waals surface area contributed by atoms with Crippen molar-refractivity contribution < 1.29 is 5.11 Å². The summed E-state index contributed by atoms with van der Waals surface area (Å²) in [6, 6.07) is 7.35. The second kappa shape index (κ2) is 4.79. The second-order valence-corrected chi connectivity index (χ2v) is 3.81. The van der Waals surface area contributed by atoms with Crippen molar-refractivity contribution in [1.82, 2.24) is 9.97 Å². The normalized spacial score (nSPS) is 11.0. The van der Waals surface area contributed by atoms with Gasteiger partial charge in [-0.1, -0.05) is 18.2 Å². The molecule has 0 aliphatic carbocycles. The van der Waals surface area contributed by atoms with Gasteiger partial charge in [-0.05, 0) is 25.5 Å². The van der Waals surface area contributed by atoms with E-state index in [1.165, 1.54) is 0 Å². The fourth-order valence-corrected chi connectivity index (χ4v) is 1.43. The maximum atomic E-state index is 11.6. The SMILES string of the molecule is Cc1nc(O)c(N=Nc2ccccc2C)c(=O)[nH]1. The number of nitrogens with one attached hydrogen (secondary N) is 1. The lowest BCUT2D eigenvalue weighted by Gasteiger charge is -1.99. The van der Waals surface area contributed by atoms with Crippen LogP contribution in [-0.4, -0.2) is 15.1 Å². The van der Waals surface area contributed by atoms with Crippen LogP contribution < -0.4 is 5.56 Å². The van der Waals surface area contributed by atoms with Gasteiger partial charge in [0.25, 0.3) is 5.56 Å². The zero-order valence-corrected chi connectivity index (χ0v) is 10.0. The Morgan fingerprint density at radius 2 is 1.94 bits per heavy atom. The van der Waals surface area contributed by atoms with Crippen molar-refractivity contribution in [2.75, 3.05) is 0 Å². The lowest BCUT2D eigenvalue weighted by Crippen LogP contribution is -2.08. The molecule has 0 atom stereocenters. The summed E-state index contributed by atoms with van der Waals surface area (Å²) in [5, 5.41) is 17.2. The number of hydrogen-bond acceptors (Lipinski definition) is 5. The molecule has 1 heterocycles. The highest BCUT2D eigenvalue weighted by molar-refractivity contribution is 5.47. The van der Waals surface area contributed by atoms with E-state index in [1.807, 2.05) is 25.1 Å². The molecular weight excluding hydrogens is 232 g/mol. The van der Waals surface area contributed by atoms with E-state index >= 15 is 0 Å². The number of aryl methyl sites for hydroxylation is 2. The van der Waals surface area contributed by atoms with Crippen LogP contribution in [0.4, 0.5) is 11.4 Å². The number of benzene rings is 1. The Morgan fingerprint density at radius 3 is 2.61 bits per heavy atom. The highest BCUT2D eigenvalue weighted by Crippen LogP contribution is 2.23. The van der Waals surface area contributed by atoms with E-state index in [1.54, 1.807) is 13.0 Å². The van der Waals surface area contributed by atoms with Gasteiger partial charge in [-0.2, -0.15) is 4.98 Å². The molecule has 0 bridgehead atoms. The van der Waals surface area contributed by atoms with Crippen LogP contribution >= 0.6 is 0 Å². The Labute approximate surface area is 103 Å². The van der Waals surface area contributed by atoms with E-state index in [2.05, 4.69) is 20.2 Å². The van der Waals surface area contributed by atoms with E-state index in [9.17, 15) is 9.90 Å². The molecule has 0 amide bonds. The van der Waals surface area contributed by atoms with Crippen LogP contribution in [0.5, 0.6) is 5.88 Å². The van der Waals surface area contributed by atoms with E-state index in [0.29, 0.717) is 11.5 Å². The molecule has 0 saturated heterocycles. The predicted octanol–water partition coefficient (Wildman–Crippen LogP) is 2.51. The minimum absolute atomic E-state index is 0.191. The standard InChI is InChI=1S/C12H12N4O2/c1-7-5-3-4-6-9(7)15-16-10-11(17)13-8(2)14-12(10)18/h3-6H,1-2H3,(H2,13,14,17,18). The Hall–Kier alpha value is -2.50. The molecule has 6 heteroatoms. The molecule has 0 fully saturated rings. The van der Waals surface area contributed by atoms with E-state index in [0.717, 1.165) is 5.56 Å². The summed E-state index contributed by atoms with van der Waals surface area (Å²) in [6.45, 7) is 3.45. The van der Waals surface area contributed by atoms with Gasteiger partial charge in [-0.25, -0.2) is 0 Å². The first-order chi connectivity index (χ1) is 8.58. The highest BCUT2D eigenvalue weighted by Gasteiger charge is 2.08. The average Bonchev–Trinajstić information content (AvgIpc) is 2.30. The van der Waals surface area contributed by atoms with Gasteiger partial charge in [0.15, 0.2) is 0 Å². The first-order valence-electron chi connectivity index (χ1n) is 5.35. The van der Waals surface area contributed by atoms with Gasteiger partial charge in [-0.15, -0.1) is 10.2 Å². The van der Waals surface area contributed by atoms with Crippen molar-refractivity contribution in [3.63, 3.8) is 0 Å². The van der Waals surface area contributed by atoms with E-state index < -0.39 is 11.4 Å². The summed E-state index contributed by atoms with van der Waals surface area (Å²) in [7, 11) is 0. The first-order valence-corrected chi connectivity index (χ1v) is 5.35. The zero-order chi connectivity index (χ0) is 13.1. The molecule has 1 aromatic heterocycles. The Kier molecular flexibility index (Phi) is 3.18. The maximum Gasteiger partial charge on any atom is 0.282 e. The fourth-order valence-electron chi connectivity index (χ4n) is 1.43. The molecule has 0 unspecified atom stereocenters. The summed E-state index contributed by atoms with van der Waals surface area (Å²) in [4.78, 5) is 17.7. The number of hydrogen-bond donors (Lipinski definition) is 2. The topological polar surface area (TPSA) is 90.7 Å². The molecule has 92 valence electrons. The van der Waals surface area contributed by atoms with Gasteiger partial charge in [0.05, 0.1) is 5.69 Å². The van der Waals surface area contributed by atoms with E-state index in [4.69, 9.17) is 0 Å². The molecule has 2 N–H and O–H groups in total. The smallest absolute Gasteiger partial charge is 0.282 e. The number of H-pyrrole nitrogens is 1. The Balaban J connectivity index is 2.42. The third-order valence-electron chi connectivity index (χ3n) is 2.37. The molecule has 0 spiro atoms. The molecular formula is C12H12N4O2. The molecule has 6 nitrogen and oxygen atoms in total. The van der Waals surface area contributed by atoms with Crippen LogP contribution in [0.15, 0.2) is 39.3 Å². The van der Waals surface area contributed by atoms with E-state index in [-0.39, 0.29) is 5.69 Å². The summed E-state index contributed by atoms with van der Waals surface area (Å²) in [6.07, 6.45) is 0. The highest BCUT2D eigenvalue weighted by atomic mass is 16.3. The first kappa shape index (κ1) is 12.0. The Bertz CT molecular complexity index is 661. The molecule has 1 aromatic carbocycles. The minimum atomic E-state index is -0.516. The van der Waals surface area contributed by atoms with Gasteiger partial charge < -0.3 is 10.1 Å². The average molecular weight is 244 g/mol. The lowest BCUT2D eigenvalue weighted by atomic mass is 10.2. The number of aromatic nitrogens is 2. The van der Waals surface area contributed by atoms with Crippen molar-refractivity contribution in [2.24, 2.45) is 10.2 Å². The molecule has 0 aliphatic rings. The van der Waals surface area contributed by atoms with Gasteiger partial charge in [0.1, 0.15) is 5.82 Å². The quantitative estimate of drug-likeness (QED) is 0.795. The fraction of sp³-hybridized carbons (Fsp3) is 0.167. The van der Waals surface area contributed by atoms with Crippen LogP contribution in [0, 0.1) is 13.8 Å². The van der Waals surface area contributed by atoms with Crippen molar-refractivity contribution in [3.05, 3.63) is 46.0 Å². The largest absolute Gasteiger partial charge is 0.492 e. The molecule has 2 aromatic rings. The van der Waals surface area contributed by atoms with Crippen LogP contribution in [0.2, 0.25) is 0 Å². The van der Waals surface area contributed by atoms with Crippen LogP contribution in [0.1, 0.15) is 11.4 Å². The minimum Gasteiger partial charge on any atom is -0.492 e. The van der Waals surface area contributed by atoms with Gasteiger partial charge in [0.2, 0.25) is 11.6 Å². The molecule has 2 rings (SSSR count). The number of aromatic hydroxyl groups is 1. The third-order valence-corrected chi connectivity index (χ3v) is 2.37. The number of aromatic amines is 1. The summed E-state index contributed by atoms with van der Waals surface area (Å²) >= 11 is 0. The van der Waals surface area contributed by atoms with Gasteiger partial charge in [-0.3, -0.25) is 4.79 Å². The summed E-state index contributed by atoms with van der Waals surface area (Å²) in [5.41, 5.74) is 0.857.